The van der Waals surface area contributed by atoms with Gasteiger partial charge in [-0.3, -0.25) is 9.59 Å². The fourth-order valence-electron chi connectivity index (χ4n) is 1.46. The third-order valence-electron chi connectivity index (χ3n) is 2.13. The second kappa shape index (κ2) is 6.25. The Morgan fingerprint density at radius 2 is 1.83 bits per heavy atom. The molecule has 0 amide bonds. The zero-order valence-electron chi connectivity index (χ0n) is 9.59. The van der Waals surface area contributed by atoms with Gasteiger partial charge in [0.05, 0.1) is 12.8 Å². The smallest absolute Gasteiger partial charge is 0.323 e. The maximum atomic E-state index is 10.8. The lowest BCUT2D eigenvalue weighted by molar-refractivity contribution is -0.136. The molecule has 0 saturated carbocycles. The number of hydrogen-bond acceptors (Lipinski definition) is 4. The molecular formula is C11H12BrNO5. The molecule has 0 aromatic heterocycles. The van der Waals surface area contributed by atoms with E-state index in [1.54, 1.807) is 18.2 Å². The van der Waals surface area contributed by atoms with E-state index in [0.29, 0.717) is 15.9 Å². The van der Waals surface area contributed by atoms with Gasteiger partial charge in [-0.25, -0.2) is 0 Å². The molecule has 1 rings (SSSR count). The molecule has 0 fully saturated rings. The first kappa shape index (κ1) is 14.3. The fraction of sp³-hybridized carbons (Fsp3) is 0.273. The van der Waals surface area contributed by atoms with E-state index in [4.69, 9.17) is 14.9 Å². The number of hydrogen-bond donors (Lipinski definition) is 2. The summed E-state index contributed by atoms with van der Waals surface area (Å²) in [6.45, 7) is -0.835. The first-order valence-electron chi connectivity index (χ1n) is 4.96. The number of nitrogens with zero attached hydrogens (tertiary/aromatic N) is 1. The van der Waals surface area contributed by atoms with Crippen molar-refractivity contribution in [3.63, 3.8) is 0 Å². The molecule has 0 unspecified atom stereocenters. The van der Waals surface area contributed by atoms with E-state index in [-0.39, 0.29) is 0 Å². The number of carboxylic acid groups (broad SMARTS) is 2. The summed E-state index contributed by atoms with van der Waals surface area (Å²) in [5.41, 5.74) is 0.414. The lowest BCUT2D eigenvalue weighted by Gasteiger charge is -2.23. The van der Waals surface area contributed by atoms with Crippen LogP contribution in [-0.4, -0.2) is 42.4 Å². The maximum Gasteiger partial charge on any atom is 0.323 e. The van der Waals surface area contributed by atoms with Gasteiger partial charge in [0.2, 0.25) is 0 Å². The van der Waals surface area contributed by atoms with E-state index in [2.05, 4.69) is 15.9 Å². The number of ether oxygens (including phenoxy) is 1. The van der Waals surface area contributed by atoms with E-state index < -0.39 is 25.0 Å². The Labute approximate surface area is 112 Å². The summed E-state index contributed by atoms with van der Waals surface area (Å²) in [7, 11) is 1.44. The van der Waals surface area contributed by atoms with Crippen molar-refractivity contribution in [3.05, 3.63) is 22.7 Å². The first-order chi connectivity index (χ1) is 8.43. The summed E-state index contributed by atoms with van der Waals surface area (Å²) in [4.78, 5) is 22.7. The number of aliphatic carboxylic acids is 2. The molecule has 0 bridgehead atoms. The topological polar surface area (TPSA) is 87.1 Å². The molecular weight excluding hydrogens is 306 g/mol. The van der Waals surface area contributed by atoms with Crippen LogP contribution in [0.3, 0.4) is 0 Å². The van der Waals surface area contributed by atoms with Crippen LogP contribution in [0.15, 0.2) is 22.7 Å². The Kier molecular flexibility index (Phi) is 4.96. The summed E-state index contributed by atoms with van der Waals surface area (Å²) in [6.07, 6.45) is 0. The number of halogens is 1. The number of carboxylic acids is 2. The van der Waals surface area contributed by atoms with Gasteiger partial charge in [0, 0.05) is 4.47 Å². The van der Waals surface area contributed by atoms with Crippen molar-refractivity contribution in [1.82, 2.24) is 0 Å². The zero-order valence-corrected chi connectivity index (χ0v) is 11.2. The summed E-state index contributed by atoms with van der Waals surface area (Å²) >= 11 is 3.25. The van der Waals surface area contributed by atoms with Crippen molar-refractivity contribution >= 4 is 33.6 Å². The Morgan fingerprint density at radius 3 is 2.28 bits per heavy atom. The minimum absolute atomic E-state index is 0.414. The van der Waals surface area contributed by atoms with Crippen LogP contribution in [0.1, 0.15) is 0 Å². The molecule has 0 heterocycles. The molecule has 0 spiro atoms. The van der Waals surface area contributed by atoms with Crippen LogP contribution in [0, 0.1) is 0 Å². The summed E-state index contributed by atoms with van der Waals surface area (Å²) in [6, 6.07) is 4.98. The highest BCUT2D eigenvalue weighted by Crippen LogP contribution is 2.31. The Balaban J connectivity index is 3.13. The lowest BCUT2D eigenvalue weighted by Crippen LogP contribution is -2.34. The fourth-order valence-corrected chi connectivity index (χ4v) is 1.81. The van der Waals surface area contributed by atoms with Crippen molar-refractivity contribution in [1.29, 1.82) is 0 Å². The largest absolute Gasteiger partial charge is 0.495 e. The molecule has 98 valence electrons. The molecule has 18 heavy (non-hydrogen) atoms. The van der Waals surface area contributed by atoms with Crippen molar-refractivity contribution in [2.75, 3.05) is 25.1 Å². The van der Waals surface area contributed by atoms with E-state index in [1.165, 1.54) is 12.0 Å². The minimum Gasteiger partial charge on any atom is -0.495 e. The van der Waals surface area contributed by atoms with Crippen LogP contribution in [0.5, 0.6) is 5.75 Å². The molecule has 0 aliphatic carbocycles. The van der Waals surface area contributed by atoms with Crippen molar-refractivity contribution in [3.8, 4) is 5.75 Å². The molecule has 0 saturated heterocycles. The predicted octanol–water partition coefficient (Wildman–Crippen LogP) is 1.43. The van der Waals surface area contributed by atoms with Gasteiger partial charge < -0.3 is 19.8 Å². The van der Waals surface area contributed by atoms with Gasteiger partial charge in [0.25, 0.3) is 0 Å². The van der Waals surface area contributed by atoms with Gasteiger partial charge in [-0.2, -0.15) is 0 Å². The quantitative estimate of drug-likeness (QED) is 0.825. The minimum atomic E-state index is -1.11. The van der Waals surface area contributed by atoms with Crippen LogP contribution < -0.4 is 9.64 Å². The summed E-state index contributed by atoms with van der Waals surface area (Å²) in [5, 5.41) is 17.6. The first-order valence-corrected chi connectivity index (χ1v) is 5.75. The standard InChI is InChI=1S/C11H12BrNO5/c1-18-9-3-2-7(12)4-8(9)13(5-10(14)15)6-11(16)17/h2-4H,5-6H2,1H3,(H,14,15)(H,16,17). The van der Waals surface area contributed by atoms with Gasteiger partial charge in [0.1, 0.15) is 18.8 Å². The van der Waals surface area contributed by atoms with Crippen LogP contribution in [0.25, 0.3) is 0 Å². The second-order valence-corrected chi connectivity index (χ2v) is 4.38. The highest BCUT2D eigenvalue weighted by atomic mass is 79.9. The SMILES string of the molecule is COc1ccc(Br)cc1N(CC(=O)O)CC(=O)O. The number of rotatable bonds is 6. The summed E-state index contributed by atoms with van der Waals surface area (Å²) in [5.74, 6) is -1.81. The number of benzene rings is 1. The van der Waals surface area contributed by atoms with E-state index in [9.17, 15) is 9.59 Å². The predicted molar refractivity (Wildman–Crippen MR) is 68.2 cm³/mol. The molecule has 0 aliphatic heterocycles. The maximum absolute atomic E-state index is 10.8. The molecule has 6 nitrogen and oxygen atoms in total. The second-order valence-electron chi connectivity index (χ2n) is 3.46. The third kappa shape index (κ3) is 3.92. The number of anilines is 1. The molecule has 1 aromatic carbocycles. The average Bonchev–Trinajstić information content (AvgIpc) is 2.26. The van der Waals surface area contributed by atoms with Crippen molar-refractivity contribution in [2.45, 2.75) is 0 Å². The molecule has 2 N–H and O–H groups in total. The third-order valence-corrected chi connectivity index (χ3v) is 2.63. The monoisotopic (exact) mass is 317 g/mol. The van der Waals surface area contributed by atoms with Crippen LogP contribution in [-0.2, 0) is 9.59 Å². The van der Waals surface area contributed by atoms with Crippen LogP contribution >= 0.6 is 15.9 Å². The van der Waals surface area contributed by atoms with Crippen molar-refractivity contribution in [2.24, 2.45) is 0 Å². The number of carbonyl (C=O) groups is 2. The zero-order chi connectivity index (χ0) is 13.7. The van der Waals surface area contributed by atoms with Gasteiger partial charge >= 0.3 is 11.9 Å². The van der Waals surface area contributed by atoms with Crippen LogP contribution in [0.2, 0.25) is 0 Å². The molecule has 7 heteroatoms. The van der Waals surface area contributed by atoms with Crippen LogP contribution in [0.4, 0.5) is 5.69 Å². The highest BCUT2D eigenvalue weighted by molar-refractivity contribution is 9.10. The average molecular weight is 318 g/mol. The van der Waals surface area contributed by atoms with E-state index in [1.807, 2.05) is 0 Å². The molecule has 1 aromatic rings. The summed E-state index contributed by atoms with van der Waals surface area (Å²) < 4.78 is 5.80. The van der Waals surface area contributed by atoms with Gasteiger partial charge in [-0.1, -0.05) is 15.9 Å². The molecule has 0 atom stereocenters. The van der Waals surface area contributed by atoms with E-state index in [0.717, 1.165) is 0 Å². The Bertz CT molecular complexity index is 447. The molecule has 0 radical (unpaired) electrons. The Hall–Kier alpha value is -1.76. The van der Waals surface area contributed by atoms with Crippen molar-refractivity contribution < 1.29 is 24.5 Å². The highest BCUT2D eigenvalue weighted by Gasteiger charge is 2.18. The molecule has 0 aliphatic rings. The Morgan fingerprint density at radius 1 is 1.28 bits per heavy atom. The number of methoxy groups -OCH3 is 1. The van der Waals surface area contributed by atoms with E-state index >= 15 is 0 Å². The van der Waals surface area contributed by atoms with Gasteiger partial charge in [0.15, 0.2) is 0 Å². The van der Waals surface area contributed by atoms with Gasteiger partial charge in [-0.15, -0.1) is 0 Å². The van der Waals surface area contributed by atoms with Gasteiger partial charge in [-0.05, 0) is 18.2 Å². The lowest BCUT2D eigenvalue weighted by atomic mass is 10.2. The normalized spacial score (nSPS) is 9.89.